The van der Waals surface area contributed by atoms with E-state index in [0.717, 1.165) is 6.07 Å². The van der Waals surface area contributed by atoms with Gasteiger partial charge in [0, 0.05) is 5.56 Å². The molecular formula is C15H10FNO3. The number of para-hydroxylation sites is 1. The van der Waals surface area contributed by atoms with Crippen LogP contribution in [0.4, 0.5) is 4.39 Å². The van der Waals surface area contributed by atoms with E-state index in [1.165, 1.54) is 12.1 Å². The first-order valence-electron chi connectivity index (χ1n) is 5.78. The molecule has 0 amide bonds. The lowest BCUT2D eigenvalue weighted by Gasteiger charge is -2.11. The van der Waals surface area contributed by atoms with Crippen LogP contribution in [-0.2, 0) is 11.2 Å². The molecule has 2 aromatic carbocycles. The van der Waals surface area contributed by atoms with E-state index in [1.54, 1.807) is 30.3 Å². The van der Waals surface area contributed by atoms with Crippen LogP contribution in [0.2, 0.25) is 0 Å². The summed E-state index contributed by atoms with van der Waals surface area (Å²) in [5, 5.41) is 17.8. The van der Waals surface area contributed by atoms with Gasteiger partial charge in [-0.3, -0.25) is 4.79 Å². The first-order chi connectivity index (χ1) is 9.61. The van der Waals surface area contributed by atoms with Gasteiger partial charge < -0.3 is 9.84 Å². The summed E-state index contributed by atoms with van der Waals surface area (Å²) in [4.78, 5) is 10.8. The van der Waals surface area contributed by atoms with Gasteiger partial charge >= 0.3 is 5.97 Å². The molecule has 5 heteroatoms. The van der Waals surface area contributed by atoms with E-state index in [-0.39, 0.29) is 23.5 Å². The number of benzene rings is 2. The van der Waals surface area contributed by atoms with Crippen LogP contribution >= 0.6 is 0 Å². The molecular weight excluding hydrogens is 261 g/mol. The number of hydrogen-bond donors (Lipinski definition) is 1. The maximum atomic E-state index is 13.5. The second kappa shape index (κ2) is 5.85. The van der Waals surface area contributed by atoms with Crippen molar-refractivity contribution in [2.45, 2.75) is 6.42 Å². The lowest BCUT2D eigenvalue weighted by molar-refractivity contribution is -0.136. The van der Waals surface area contributed by atoms with Crippen molar-refractivity contribution in [1.82, 2.24) is 0 Å². The number of nitriles is 1. The van der Waals surface area contributed by atoms with Crippen LogP contribution in [0.15, 0.2) is 42.5 Å². The van der Waals surface area contributed by atoms with Gasteiger partial charge in [0.1, 0.15) is 28.9 Å². The molecule has 0 saturated heterocycles. The fourth-order valence-electron chi connectivity index (χ4n) is 1.73. The highest BCUT2D eigenvalue weighted by molar-refractivity contribution is 5.71. The van der Waals surface area contributed by atoms with Gasteiger partial charge in [-0.2, -0.15) is 5.26 Å². The average molecular weight is 271 g/mol. The van der Waals surface area contributed by atoms with E-state index in [9.17, 15) is 9.18 Å². The Labute approximate surface area is 114 Å². The van der Waals surface area contributed by atoms with Gasteiger partial charge in [-0.15, -0.1) is 0 Å². The summed E-state index contributed by atoms with van der Waals surface area (Å²) in [5.41, 5.74) is 0.241. The highest BCUT2D eigenvalue weighted by Crippen LogP contribution is 2.29. The van der Waals surface area contributed by atoms with Gasteiger partial charge in [0.25, 0.3) is 0 Å². The SMILES string of the molecule is N#Cc1c(F)cccc1Oc1ccccc1CC(=O)O. The van der Waals surface area contributed by atoms with Crippen LogP contribution < -0.4 is 4.74 Å². The van der Waals surface area contributed by atoms with Crippen LogP contribution in [0.5, 0.6) is 11.5 Å². The van der Waals surface area contributed by atoms with Crippen molar-refractivity contribution in [1.29, 1.82) is 5.26 Å². The first-order valence-corrected chi connectivity index (χ1v) is 5.78. The number of rotatable bonds is 4. The van der Waals surface area contributed by atoms with Crippen LogP contribution in [0.3, 0.4) is 0 Å². The second-order valence-electron chi connectivity index (χ2n) is 4.01. The normalized spacial score (nSPS) is 9.80. The number of carboxylic acid groups (broad SMARTS) is 1. The van der Waals surface area contributed by atoms with E-state index >= 15 is 0 Å². The molecule has 0 saturated carbocycles. The largest absolute Gasteiger partial charge is 0.481 e. The van der Waals surface area contributed by atoms with Gasteiger partial charge in [-0.1, -0.05) is 24.3 Å². The fourth-order valence-corrected chi connectivity index (χ4v) is 1.73. The number of aliphatic carboxylic acids is 1. The van der Waals surface area contributed by atoms with Crippen LogP contribution in [0.1, 0.15) is 11.1 Å². The summed E-state index contributed by atoms with van der Waals surface area (Å²) in [6.45, 7) is 0. The zero-order valence-corrected chi connectivity index (χ0v) is 10.3. The summed E-state index contributed by atoms with van der Waals surface area (Å²) in [7, 11) is 0. The van der Waals surface area contributed by atoms with Crippen LogP contribution in [0.25, 0.3) is 0 Å². The van der Waals surface area contributed by atoms with Crippen molar-refractivity contribution in [2.75, 3.05) is 0 Å². The molecule has 20 heavy (non-hydrogen) atoms. The van der Waals surface area contributed by atoms with Gasteiger partial charge in [0.15, 0.2) is 0 Å². The van der Waals surface area contributed by atoms with E-state index < -0.39 is 11.8 Å². The predicted molar refractivity (Wildman–Crippen MR) is 69.0 cm³/mol. The van der Waals surface area contributed by atoms with Gasteiger partial charge in [0.2, 0.25) is 0 Å². The van der Waals surface area contributed by atoms with E-state index in [0.29, 0.717) is 5.56 Å². The van der Waals surface area contributed by atoms with Gasteiger partial charge in [-0.25, -0.2) is 4.39 Å². The molecule has 100 valence electrons. The Balaban J connectivity index is 2.38. The third-order valence-corrected chi connectivity index (χ3v) is 2.62. The molecule has 0 aliphatic rings. The molecule has 0 aliphatic heterocycles. The molecule has 2 aromatic rings. The molecule has 0 aliphatic carbocycles. The zero-order chi connectivity index (χ0) is 14.5. The Morgan fingerprint density at radius 3 is 2.60 bits per heavy atom. The molecule has 0 bridgehead atoms. The number of carbonyl (C=O) groups is 1. The number of ether oxygens (including phenoxy) is 1. The minimum atomic E-state index is -0.999. The summed E-state index contributed by atoms with van der Waals surface area (Å²) in [6.07, 6.45) is -0.215. The molecule has 1 N–H and O–H groups in total. The lowest BCUT2D eigenvalue weighted by Crippen LogP contribution is -2.02. The van der Waals surface area contributed by atoms with Crippen molar-refractivity contribution in [3.05, 3.63) is 59.4 Å². The second-order valence-corrected chi connectivity index (χ2v) is 4.01. The van der Waals surface area contributed by atoms with Crippen molar-refractivity contribution < 1.29 is 19.0 Å². The molecule has 2 rings (SSSR count). The molecule has 0 radical (unpaired) electrons. The zero-order valence-electron chi connectivity index (χ0n) is 10.3. The lowest BCUT2D eigenvalue weighted by atomic mass is 10.1. The van der Waals surface area contributed by atoms with Gasteiger partial charge in [0.05, 0.1) is 6.42 Å². The molecule has 0 spiro atoms. The molecule has 0 unspecified atom stereocenters. The number of hydrogen-bond acceptors (Lipinski definition) is 3. The van der Waals surface area contributed by atoms with E-state index in [4.69, 9.17) is 15.1 Å². The van der Waals surface area contributed by atoms with Crippen molar-refractivity contribution in [3.63, 3.8) is 0 Å². The van der Waals surface area contributed by atoms with Crippen molar-refractivity contribution in [2.24, 2.45) is 0 Å². The maximum absolute atomic E-state index is 13.5. The third-order valence-electron chi connectivity index (χ3n) is 2.62. The van der Waals surface area contributed by atoms with Crippen LogP contribution in [-0.4, -0.2) is 11.1 Å². The summed E-state index contributed by atoms with van der Waals surface area (Å²) >= 11 is 0. The summed E-state index contributed by atoms with van der Waals surface area (Å²) in [5.74, 6) is -1.33. The summed E-state index contributed by atoms with van der Waals surface area (Å²) in [6, 6.07) is 12.3. The number of nitrogens with zero attached hydrogens (tertiary/aromatic N) is 1. The molecule has 0 atom stereocenters. The molecule has 0 fully saturated rings. The van der Waals surface area contributed by atoms with E-state index in [1.807, 2.05) is 0 Å². The Bertz CT molecular complexity index is 692. The predicted octanol–water partition coefficient (Wildman–Crippen LogP) is 3.12. The molecule has 0 heterocycles. The molecule has 4 nitrogen and oxygen atoms in total. The first kappa shape index (κ1) is 13.6. The Morgan fingerprint density at radius 2 is 1.90 bits per heavy atom. The smallest absolute Gasteiger partial charge is 0.307 e. The van der Waals surface area contributed by atoms with E-state index in [2.05, 4.69) is 0 Å². The van der Waals surface area contributed by atoms with Crippen LogP contribution in [0, 0.1) is 17.1 Å². The quantitative estimate of drug-likeness (QED) is 0.927. The Kier molecular flexibility index (Phi) is 3.96. The average Bonchev–Trinajstić information content (AvgIpc) is 2.41. The van der Waals surface area contributed by atoms with Gasteiger partial charge in [-0.05, 0) is 18.2 Å². The van der Waals surface area contributed by atoms with Crippen molar-refractivity contribution in [3.8, 4) is 17.6 Å². The fraction of sp³-hybridized carbons (Fsp3) is 0.0667. The minimum Gasteiger partial charge on any atom is -0.481 e. The Morgan fingerprint density at radius 1 is 1.20 bits per heavy atom. The number of halogens is 1. The standard InChI is InChI=1S/C15H10FNO3/c16-12-5-3-7-14(11(12)9-17)20-13-6-2-1-4-10(13)8-15(18)19/h1-7H,8H2,(H,18,19). The summed E-state index contributed by atoms with van der Waals surface area (Å²) < 4.78 is 19.0. The molecule has 0 aromatic heterocycles. The Hall–Kier alpha value is -2.87. The van der Waals surface area contributed by atoms with Crippen molar-refractivity contribution >= 4 is 5.97 Å². The highest BCUT2D eigenvalue weighted by atomic mass is 19.1. The highest BCUT2D eigenvalue weighted by Gasteiger charge is 2.13. The maximum Gasteiger partial charge on any atom is 0.307 e. The number of carboxylic acids is 1. The minimum absolute atomic E-state index is 0.0605. The topological polar surface area (TPSA) is 70.3 Å². The monoisotopic (exact) mass is 271 g/mol. The third kappa shape index (κ3) is 2.93.